The van der Waals surface area contributed by atoms with Crippen molar-refractivity contribution in [1.82, 2.24) is 19.6 Å². The molecule has 0 radical (unpaired) electrons. The van der Waals surface area contributed by atoms with E-state index in [1.54, 1.807) is 0 Å². The lowest BCUT2D eigenvalue weighted by atomic mass is 10.1. The van der Waals surface area contributed by atoms with Gasteiger partial charge in [0.2, 0.25) is 0 Å². The molecule has 1 saturated carbocycles. The van der Waals surface area contributed by atoms with Crippen molar-refractivity contribution in [3.63, 3.8) is 0 Å². The summed E-state index contributed by atoms with van der Waals surface area (Å²) in [6.07, 6.45) is 3.57. The van der Waals surface area contributed by atoms with Gasteiger partial charge in [-0.1, -0.05) is 48.9 Å². The maximum Gasteiger partial charge on any atom is 0.137 e. The van der Waals surface area contributed by atoms with Crippen molar-refractivity contribution in [2.75, 3.05) is 38.1 Å². The third kappa shape index (κ3) is 5.06. The highest BCUT2D eigenvalue weighted by atomic mass is 15.4. The molecule has 2 aromatic carbocycles. The first-order chi connectivity index (χ1) is 16.5. The Morgan fingerprint density at radius 3 is 2.26 bits per heavy atom. The van der Waals surface area contributed by atoms with Gasteiger partial charge in [-0.15, -0.1) is 0 Å². The molecule has 0 amide bonds. The zero-order valence-electron chi connectivity index (χ0n) is 21.3. The Morgan fingerprint density at radius 1 is 0.912 bits per heavy atom. The molecule has 2 aliphatic rings. The average molecular weight is 458 g/mol. The molecule has 1 saturated heterocycles. The molecule has 1 aliphatic heterocycles. The Labute approximate surface area is 205 Å². The van der Waals surface area contributed by atoms with Crippen LogP contribution in [0.25, 0.3) is 5.69 Å². The Bertz CT molecular complexity index is 1120. The van der Waals surface area contributed by atoms with E-state index >= 15 is 0 Å². The third-order valence-corrected chi connectivity index (χ3v) is 7.32. The van der Waals surface area contributed by atoms with Crippen LogP contribution in [0.3, 0.4) is 0 Å². The third-order valence-electron chi connectivity index (χ3n) is 7.32. The fourth-order valence-corrected chi connectivity index (χ4v) is 5.22. The van der Waals surface area contributed by atoms with Gasteiger partial charge in [0.15, 0.2) is 0 Å². The maximum atomic E-state index is 5.22. The van der Waals surface area contributed by atoms with Gasteiger partial charge >= 0.3 is 0 Å². The number of likely N-dealkylation sites (N-methyl/N-ethyl adjacent to an activating group) is 1. The number of aryl methyl sites for hydroxylation is 3. The van der Waals surface area contributed by atoms with Crippen molar-refractivity contribution < 1.29 is 0 Å². The van der Waals surface area contributed by atoms with Crippen LogP contribution in [-0.4, -0.2) is 58.8 Å². The number of piperazine rings is 1. The normalized spacial score (nSPS) is 17.0. The highest BCUT2D eigenvalue weighted by molar-refractivity contribution is 5.56. The van der Waals surface area contributed by atoms with Crippen molar-refractivity contribution in [3.05, 3.63) is 76.5 Å². The van der Waals surface area contributed by atoms with Crippen LogP contribution in [-0.2, 0) is 19.5 Å². The second kappa shape index (κ2) is 9.93. The number of anilines is 1. The molecule has 5 rings (SSSR count). The number of nitrogens with zero attached hydrogens (tertiary/aromatic N) is 5. The molecule has 5 nitrogen and oxygen atoms in total. The molecule has 2 fully saturated rings. The maximum absolute atomic E-state index is 5.22. The summed E-state index contributed by atoms with van der Waals surface area (Å²) in [6, 6.07) is 18.5. The fourth-order valence-electron chi connectivity index (χ4n) is 5.22. The Hall–Kier alpha value is -2.63. The highest BCUT2D eigenvalue weighted by Gasteiger charge is 2.33. The fraction of sp³-hybridized carbons (Fsp3) is 0.483. The van der Waals surface area contributed by atoms with Crippen LogP contribution in [0.2, 0.25) is 0 Å². The molecule has 180 valence electrons. The van der Waals surface area contributed by atoms with Crippen LogP contribution in [0.15, 0.2) is 48.5 Å². The average Bonchev–Trinajstić information content (AvgIpc) is 3.61. The summed E-state index contributed by atoms with van der Waals surface area (Å²) >= 11 is 0. The van der Waals surface area contributed by atoms with Crippen LogP contribution in [0.5, 0.6) is 0 Å². The number of hydrogen-bond donors (Lipinski definition) is 0. The van der Waals surface area contributed by atoms with Gasteiger partial charge in [-0.25, -0.2) is 4.68 Å². The van der Waals surface area contributed by atoms with Crippen LogP contribution >= 0.6 is 0 Å². The Balaban J connectivity index is 1.54. The molecule has 3 aromatic rings. The smallest absolute Gasteiger partial charge is 0.137 e. The summed E-state index contributed by atoms with van der Waals surface area (Å²) in [5.74, 6) is 1.31. The predicted molar refractivity (Wildman–Crippen MR) is 141 cm³/mol. The van der Waals surface area contributed by atoms with Gasteiger partial charge < -0.3 is 9.80 Å². The molecular weight excluding hydrogens is 418 g/mol. The van der Waals surface area contributed by atoms with Crippen molar-refractivity contribution in [3.8, 4) is 5.69 Å². The topological polar surface area (TPSA) is 27.5 Å². The first kappa shape index (κ1) is 23.1. The zero-order valence-corrected chi connectivity index (χ0v) is 21.3. The molecule has 34 heavy (non-hydrogen) atoms. The predicted octanol–water partition coefficient (Wildman–Crippen LogP) is 4.97. The minimum absolute atomic E-state index is 0.688. The van der Waals surface area contributed by atoms with Crippen LogP contribution < -0.4 is 4.90 Å². The van der Waals surface area contributed by atoms with E-state index in [-0.39, 0.29) is 0 Å². The largest absolute Gasteiger partial charge is 0.354 e. The number of aromatic nitrogens is 2. The lowest BCUT2D eigenvalue weighted by Crippen LogP contribution is -2.45. The van der Waals surface area contributed by atoms with E-state index in [1.165, 1.54) is 52.3 Å². The molecule has 1 aromatic heterocycles. The summed E-state index contributed by atoms with van der Waals surface area (Å²) in [5, 5.41) is 5.22. The van der Waals surface area contributed by atoms with Crippen molar-refractivity contribution in [1.29, 1.82) is 0 Å². The summed E-state index contributed by atoms with van der Waals surface area (Å²) in [4.78, 5) is 7.71. The van der Waals surface area contributed by atoms with E-state index < -0.39 is 0 Å². The standard InChI is InChI=1S/C29H39N5/c1-5-28-27(21-33(25-12-13-25)20-24-10-6-8-22(2)18-24)29(32-16-14-31(4)15-17-32)34(30-28)26-11-7-9-23(3)19-26/h6-11,18-19,25H,5,12-17,20-21H2,1-4H3. The van der Waals surface area contributed by atoms with Gasteiger partial charge in [0.1, 0.15) is 5.82 Å². The SMILES string of the molecule is CCc1nn(-c2cccc(C)c2)c(N2CCN(C)CC2)c1CN(Cc1cccc(C)c1)C1CC1. The van der Waals surface area contributed by atoms with E-state index in [0.29, 0.717) is 6.04 Å². The lowest BCUT2D eigenvalue weighted by molar-refractivity contribution is 0.244. The second-order valence-electron chi connectivity index (χ2n) is 10.3. The van der Waals surface area contributed by atoms with E-state index in [9.17, 15) is 0 Å². The molecule has 0 spiro atoms. The zero-order chi connectivity index (χ0) is 23.7. The summed E-state index contributed by atoms with van der Waals surface area (Å²) in [7, 11) is 2.23. The molecular formula is C29H39N5. The number of hydrogen-bond acceptors (Lipinski definition) is 4. The molecule has 0 unspecified atom stereocenters. The number of rotatable bonds is 8. The quantitative estimate of drug-likeness (QED) is 0.477. The molecule has 0 atom stereocenters. The lowest BCUT2D eigenvalue weighted by Gasteiger charge is -2.35. The molecule has 1 aliphatic carbocycles. The molecule has 0 bridgehead atoms. The van der Waals surface area contributed by atoms with Gasteiger partial charge in [0.05, 0.1) is 11.4 Å². The monoisotopic (exact) mass is 457 g/mol. The first-order valence-electron chi connectivity index (χ1n) is 12.9. The van der Waals surface area contributed by atoms with Crippen molar-refractivity contribution >= 4 is 5.82 Å². The van der Waals surface area contributed by atoms with Crippen LogP contribution in [0.4, 0.5) is 5.82 Å². The number of benzene rings is 2. The highest BCUT2D eigenvalue weighted by Crippen LogP contribution is 2.35. The van der Waals surface area contributed by atoms with Gasteiger partial charge in [-0.05, 0) is 63.4 Å². The van der Waals surface area contributed by atoms with E-state index in [2.05, 4.69) is 95.7 Å². The first-order valence-corrected chi connectivity index (χ1v) is 12.9. The Morgan fingerprint density at radius 2 is 1.62 bits per heavy atom. The summed E-state index contributed by atoms with van der Waals surface area (Å²) in [6.45, 7) is 12.9. The van der Waals surface area contributed by atoms with Gasteiger partial charge in [-0.3, -0.25) is 4.90 Å². The van der Waals surface area contributed by atoms with Crippen molar-refractivity contribution in [2.45, 2.75) is 59.2 Å². The van der Waals surface area contributed by atoms with Crippen molar-refractivity contribution in [2.24, 2.45) is 0 Å². The van der Waals surface area contributed by atoms with Gasteiger partial charge in [0, 0.05) is 50.9 Å². The minimum Gasteiger partial charge on any atom is -0.354 e. The van der Waals surface area contributed by atoms with Crippen LogP contribution in [0.1, 0.15) is 47.7 Å². The minimum atomic E-state index is 0.688. The molecule has 0 N–H and O–H groups in total. The Kier molecular flexibility index (Phi) is 6.75. The van der Waals surface area contributed by atoms with Gasteiger partial charge in [0.25, 0.3) is 0 Å². The summed E-state index contributed by atoms with van der Waals surface area (Å²) < 4.78 is 2.24. The molecule has 5 heteroatoms. The van der Waals surface area contributed by atoms with Gasteiger partial charge in [-0.2, -0.15) is 5.10 Å². The second-order valence-corrected chi connectivity index (χ2v) is 10.3. The molecule has 2 heterocycles. The van der Waals surface area contributed by atoms with E-state index in [4.69, 9.17) is 5.10 Å². The summed E-state index contributed by atoms with van der Waals surface area (Å²) in [5.41, 5.74) is 7.87. The van der Waals surface area contributed by atoms with Crippen LogP contribution in [0, 0.1) is 13.8 Å². The van der Waals surface area contributed by atoms with E-state index in [0.717, 1.165) is 45.7 Å². The van der Waals surface area contributed by atoms with E-state index in [1.807, 2.05) is 0 Å².